The molecule has 16 heavy (non-hydrogen) atoms. The SMILES string of the molecule is Cc1ncsc1C(=O)N(CCCO)C(C)C. The van der Waals surface area contributed by atoms with Gasteiger partial charge < -0.3 is 10.0 Å². The Hall–Kier alpha value is -0.940. The minimum absolute atomic E-state index is 0.0171. The summed E-state index contributed by atoms with van der Waals surface area (Å²) in [6.07, 6.45) is 0.613. The molecule has 0 aliphatic heterocycles. The summed E-state index contributed by atoms with van der Waals surface area (Å²) in [5.74, 6) is 0.0171. The van der Waals surface area contributed by atoms with E-state index in [1.807, 2.05) is 20.8 Å². The highest BCUT2D eigenvalue weighted by atomic mass is 32.1. The Bertz CT molecular complexity index is 350. The fourth-order valence-electron chi connectivity index (χ4n) is 1.47. The number of carbonyl (C=O) groups excluding carboxylic acids is 1. The maximum absolute atomic E-state index is 12.2. The molecule has 0 aliphatic carbocycles. The molecule has 1 N–H and O–H groups in total. The van der Waals surface area contributed by atoms with Crippen LogP contribution in [0.2, 0.25) is 0 Å². The van der Waals surface area contributed by atoms with Crippen LogP contribution in [0, 0.1) is 6.92 Å². The van der Waals surface area contributed by atoms with Gasteiger partial charge in [-0.25, -0.2) is 4.98 Å². The van der Waals surface area contributed by atoms with E-state index in [1.54, 1.807) is 10.4 Å². The number of aliphatic hydroxyl groups is 1. The topological polar surface area (TPSA) is 53.4 Å². The number of nitrogens with zero attached hydrogens (tertiary/aromatic N) is 2. The first-order valence-corrected chi connectivity index (χ1v) is 6.27. The number of hydrogen-bond acceptors (Lipinski definition) is 4. The molecular weight excluding hydrogens is 224 g/mol. The zero-order chi connectivity index (χ0) is 12.1. The van der Waals surface area contributed by atoms with E-state index in [9.17, 15) is 4.79 Å². The summed E-state index contributed by atoms with van der Waals surface area (Å²) in [5.41, 5.74) is 2.47. The average Bonchev–Trinajstić information content (AvgIpc) is 2.64. The van der Waals surface area contributed by atoms with Gasteiger partial charge >= 0.3 is 0 Å². The molecule has 0 fully saturated rings. The number of amides is 1. The third-order valence-electron chi connectivity index (χ3n) is 2.38. The van der Waals surface area contributed by atoms with Crippen molar-refractivity contribution in [1.82, 2.24) is 9.88 Å². The van der Waals surface area contributed by atoms with Crippen molar-refractivity contribution in [2.45, 2.75) is 33.2 Å². The standard InChI is InChI=1S/C11H18N2O2S/c1-8(2)13(5-4-6-14)11(15)10-9(3)12-7-16-10/h7-8,14H,4-6H2,1-3H3. The van der Waals surface area contributed by atoms with E-state index >= 15 is 0 Å². The normalized spacial score (nSPS) is 10.8. The first kappa shape index (κ1) is 13.1. The molecule has 0 saturated heterocycles. The van der Waals surface area contributed by atoms with Gasteiger partial charge in [0.25, 0.3) is 5.91 Å². The lowest BCUT2D eigenvalue weighted by Crippen LogP contribution is -2.38. The van der Waals surface area contributed by atoms with Gasteiger partial charge in [0.2, 0.25) is 0 Å². The molecule has 0 aromatic carbocycles. The van der Waals surface area contributed by atoms with Crippen molar-refractivity contribution in [1.29, 1.82) is 0 Å². The van der Waals surface area contributed by atoms with E-state index in [-0.39, 0.29) is 18.6 Å². The molecule has 1 amide bonds. The molecule has 0 radical (unpaired) electrons. The number of aryl methyl sites for hydroxylation is 1. The van der Waals surface area contributed by atoms with Crippen LogP contribution in [0.3, 0.4) is 0 Å². The summed E-state index contributed by atoms with van der Waals surface area (Å²) < 4.78 is 0. The summed E-state index contributed by atoms with van der Waals surface area (Å²) in [7, 11) is 0. The molecule has 1 heterocycles. The molecule has 0 aliphatic rings. The van der Waals surface area contributed by atoms with Gasteiger partial charge in [0.1, 0.15) is 4.88 Å². The Morgan fingerprint density at radius 3 is 2.75 bits per heavy atom. The fourth-order valence-corrected chi connectivity index (χ4v) is 2.23. The minimum atomic E-state index is 0.0171. The Labute approximate surface area is 99.9 Å². The molecule has 1 rings (SSSR count). The Morgan fingerprint density at radius 1 is 1.62 bits per heavy atom. The van der Waals surface area contributed by atoms with Crippen molar-refractivity contribution >= 4 is 17.2 Å². The first-order chi connectivity index (χ1) is 7.57. The van der Waals surface area contributed by atoms with Crippen molar-refractivity contribution < 1.29 is 9.90 Å². The van der Waals surface area contributed by atoms with Crippen LogP contribution in [0.25, 0.3) is 0 Å². The van der Waals surface area contributed by atoms with Crippen molar-refractivity contribution in [3.63, 3.8) is 0 Å². The maximum atomic E-state index is 12.2. The van der Waals surface area contributed by atoms with Gasteiger partial charge in [-0.05, 0) is 27.2 Å². The number of thiazole rings is 1. The lowest BCUT2D eigenvalue weighted by atomic mass is 10.2. The largest absolute Gasteiger partial charge is 0.396 e. The molecule has 0 bridgehead atoms. The molecule has 4 nitrogen and oxygen atoms in total. The Balaban J connectivity index is 2.79. The van der Waals surface area contributed by atoms with E-state index in [4.69, 9.17) is 5.11 Å². The Morgan fingerprint density at radius 2 is 2.31 bits per heavy atom. The van der Waals surface area contributed by atoms with Gasteiger partial charge in [0.15, 0.2) is 0 Å². The van der Waals surface area contributed by atoms with E-state index in [0.29, 0.717) is 17.8 Å². The van der Waals surface area contributed by atoms with Gasteiger partial charge in [-0.1, -0.05) is 0 Å². The van der Waals surface area contributed by atoms with E-state index in [1.165, 1.54) is 11.3 Å². The summed E-state index contributed by atoms with van der Waals surface area (Å²) in [4.78, 5) is 18.7. The molecule has 90 valence electrons. The van der Waals surface area contributed by atoms with Crippen LogP contribution in [-0.2, 0) is 0 Å². The van der Waals surface area contributed by atoms with Gasteiger partial charge in [0, 0.05) is 19.2 Å². The van der Waals surface area contributed by atoms with E-state index in [0.717, 1.165) is 5.69 Å². The number of rotatable bonds is 5. The third kappa shape index (κ3) is 3.02. The Kier molecular flexibility index (Phi) is 4.89. The lowest BCUT2D eigenvalue weighted by molar-refractivity contribution is 0.0697. The number of hydrogen-bond donors (Lipinski definition) is 1. The third-order valence-corrected chi connectivity index (χ3v) is 3.30. The smallest absolute Gasteiger partial charge is 0.266 e. The van der Waals surface area contributed by atoms with Crippen molar-refractivity contribution in [3.8, 4) is 0 Å². The van der Waals surface area contributed by atoms with Crippen LogP contribution in [0.5, 0.6) is 0 Å². The van der Waals surface area contributed by atoms with Crippen LogP contribution in [0.15, 0.2) is 5.51 Å². The molecule has 0 saturated carbocycles. The van der Waals surface area contributed by atoms with Gasteiger partial charge in [0.05, 0.1) is 11.2 Å². The first-order valence-electron chi connectivity index (χ1n) is 5.39. The van der Waals surface area contributed by atoms with Crippen LogP contribution in [0.4, 0.5) is 0 Å². The highest BCUT2D eigenvalue weighted by molar-refractivity contribution is 7.11. The predicted molar refractivity (Wildman–Crippen MR) is 64.7 cm³/mol. The van der Waals surface area contributed by atoms with Crippen molar-refractivity contribution in [2.24, 2.45) is 0 Å². The molecule has 0 atom stereocenters. The molecule has 5 heteroatoms. The second-order valence-electron chi connectivity index (χ2n) is 3.94. The summed E-state index contributed by atoms with van der Waals surface area (Å²) in [6.45, 7) is 6.49. The maximum Gasteiger partial charge on any atom is 0.266 e. The predicted octanol–water partition coefficient (Wildman–Crippen LogP) is 1.68. The van der Waals surface area contributed by atoms with Crippen LogP contribution < -0.4 is 0 Å². The molecule has 0 spiro atoms. The summed E-state index contributed by atoms with van der Waals surface area (Å²) >= 11 is 1.37. The minimum Gasteiger partial charge on any atom is -0.396 e. The lowest BCUT2D eigenvalue weighted by Gasteiger charge is -2.26. The molecule has 0 unspecified atom stereocenters. The number of aliphatic hydroxyl groups excluding tert-OH is 1. The zero-order valence-corrected chi connectivity index (χ0v) is 10.8. The van der Waals surface area contributed by atoms with E-state index < -0.39 is 0 Å². The highest BCUT2D eigenvalue weighted by Gasteiger charge is 2.21. The molecule has 1 aromatic rings. The summed E-state index contributed by atoms with van der Waals surface area (Å²) in [6, 6.07) is 0.139. The van der Waals surface area contributed by atoms with Crippen LogP contribution >= 0.6 is 11.3 Å². The second kappa shape index (κ2) is 5.96. The number of carbonyl (C=O) groups is 1. The average molecular weight is 242 g/mol. The number of aromatic nitrogens is 1. The zero-order valence-electron chi connectivity index (χ0n) is 9.93. The van der Waals surface area contributed by atoms with Gasteiger partial charge in [-0.2, -0.15) is 0 Å². The van der Waals surface area contributed by atoms with Crippen molar-refractivity contribution in [2.75, 3.05) is 13.2 Å². The van der Waals surface area contributed by atoms with Gasteiger partial charge in [-0.15, -0.1) is 11.3 Å². The molecule has 1 aromatic heterocycles. The van der Waals surface area contributed by atoms with Gasteiger partial charge in [-0.3, -0.25) is 4.79 Å². The fraction of sp³-hybridized carbons (Fsp3) is 0.636. The second-order valence-corrected chi connectivity index (χ2v) is 4.79. The monoisotopic (exact) mass is 242 g/mol. The highest BCUT2D eigenvalue weighted by Crippen LogP contribution is 2.16. The molecular formula is C11H18N2O2S. The van der Waals surface area contributed by atoms with Crippen LogP contribution in [0.1, 0.15) is 35.6 Å². The summed E-state index contributed by atoms with van der Waals surface area (Å²) in [5, 5.41) is 8.82. The van der Waals surface area contributed by atoms with Crippen LogP contribution in [-0.4, -0.2) is 40.1 Å². The van der Waals surface area contributed by atoms with E-state index in [2.05, 4.69) is 4.98 Å². The quantitative estimate of drug-likeness (QED) is 0.854. The van der Waals surface area contributed by atoms with Crippen molar-refractivity contribution in [3.05, 3.63) is 16.1 Å².